The molecule has 0 bridgehead atoms. The van der Waals surface area contributed by atoms with E-state index in [2.05, 4.69) is 29.1 Å². The zero-order chi connectivity index (χ0) is 13.2. The Kier molecular flexibility index (Phi) is 3.29. The number of nitrogens with zero attached hydrogens (tertiary/aromatic N) is 1. The van der Waals surface area contributed by atoms with Crippen molar-refractivity contribution in [1.82, 2.24) is 15.3 Å². The summed E-state index contributed by atoms with van der Waals surface area (Å²) in [4.78, 5) is 8.01. The third kappa shape index (κ3) is 2.38. The second-order valence-corrected chi connectivity index (χ2v) is 4.84. The summed E-state index contributed by atoms with van der Waals surface area (Å²) in [6, 6.07) is 3.92. The number of fused-ring (bicyclic) bond motifs is 2. The largest absolute Gasteiger partial charge is 0.486 e. The Labute approximate surface area is 112 Å². The lowest BCUT2D eigenvalue weighted by Gasteiger charge is -2.17. The molecule has 0 saturated carbocycles. The Balaban J connectivity index is 1.92. The highest BCUT2D eigenvalue weighted by molar-refractivity contribution is 5.80. The smallest absolute Gasteiger partial charge is 0.163 e. The molecule has 1 aliphatic rings. The number of nitrogens with one attached hydrogen (secondary N) is 2. The zero-order valence-electron chi connectivity index (χ0n) is 11.3. The fraction of sp³-hybridized carbons (Fsp3) is 0.500. The standard InChI is InChI=1S/C14H19N3O2/c1-3-15-8-9(2)14-16-10-6-12-13(7-11(10)17-14)19-5-4-18-12/h6-7,9,15H,3-5,8H2,1-2H3,(H,16,17). The van der Waals surface area contributed by atoms with E-state index in [0.717, 1.165) is 41.4 Å². The minimum Gasteiger partial charge on any atom is -0.486 e. The van der Waals surface area contributed by atoms with Crippen LogP contribution in [0.3, 0.4) is 0 Å². The molecule has 0 fully saturated rings. The summed E-state index contributed by atoms with van der Waals surface area (Å²) in [5.41, 5.74) is 1.94. The normalized spacial score (nSPS) is 15.7. The summed E-state index contributed by atoms with van der Waals surface area (Å²) >= 11 is 0. The van der Waals surface area contributed by atoms with Crippen LogP contribution in [0.2, 0.25) is 0 Å². The maximum Gasteiger partial charge on any atom is 0.163 e. The number of H-pyrrole nitrogens is 1. The van der Waals surface area contributed by atoms with Crippen molar-refractivity contribution in [2.24, 2.45) is 0 Å². The van der Waals surface area contributed by atoms with Crippen LogP contribution in [-0.2, 0) is 0 Å². The number of hydrogen-bond acceptors (Lipinski definition) is 4. The van der Waals surface area contributed by atoms with Gasteiger partial charge in [-0.05, 0) is 6.54 Å². The van der Waals surface area contributed by atoms with E-state index in [1.54, 1.807) is 0 Å². The van der Waals surface area contributed by atoms with E-state index in [9.17, 15) is 0 Å². The predicted octanol–water partition coefficient (Wildman–Crippen LogP) is 2.05. The van der Waals surface area contributed by atoms with Crippen molar-refractivity contribution in [3.8, 4) is 11.5 Å². The summed E-state index contributed by atoms with van der Waals surface area (Å²) in [5.74, 6) is 2.94. The van der Waals surface area contributed by atoms with E-state index in [4.69, 9.17) is 9.47 Å². The molecule has 2 N–H and O–H groups in total. The Hall–Kier alpha value is -1.75. The third-order valence-electron chi connectivity index (χ3n) is 3.33. The molecule has 1 atom stereocenters. The Morgan fingerprint density at radius 1 is 1.32 bits per heavy atom. The summed E-state index contributed by atoms with van der Waals surface area (Å²) in [6.45, 7) is 7.37. The molecule has 0 radical (unpaired) electrons. The average Bonchev–Trinajstić information content (AvgIpc) is 2.85. The van der Waals surface area contributed by atoms with E-state index in [-0.39, 0.29) is 0 Å². The lowest BCUT2D eigenvalue weighted by molar-refractivity contribution is 0.172. The molecule has 0 saturated heterocycles. The van der Waals surface area contributed by atoms with Crippen LogP contribution in [0, 0.1) is 0 Å². The van der Waals surface area contributed by atoms with Crippen molar-refractivity contribution in [1.29, 1.82) is 0 Å². The van der Waals surface area contributed by atoms with Crippen molar-refractivity contribution < 1.29 is 9.47 Å². The molecule has 102 valence electrons. The number of rotatable bonds is 4. The van der Waals surface area contributed by atoms with Gasteiger partial charge < -0.3 is 19.8 Å². The molecule has 1 unspecified atom stereocenters. The van der Waals surface area contributed by atoms with Crippen molar-refractivity contribution in [2.45, 2.75) is 19.8 Å². The van der Waals surface area contributed by atoms with Crippen molar-refractivity contribution in [3.63, 3.8) is 0 Å². The number of aromatic amines is 1. The molecule has 0 amide bonds. The lowest BCUT2D eigenvalue weighted by Crippen LogP contribution is -2.19. The first-order valence-corrected chi connectivity index (χ1v) is 6.78. The van der Waals surface area contributed by atoms with Gasteiger partial charge in [0.2, 0.25) is 0 Å². The number of likely N-dealkylation sites (N-methyl/N-ethyl adjacent to an activating group) is 1. The zero-order valence-corrected chi connectivity index (χ0v) is 11.3. The van der Waals surface area contributed by atoms with Crippen LogP contribution in [0.15, 0.2) is 12.1 Å². The van der Waals surface area contributed by atoms with Gasteiger partial charge in [-0.1, -0.05) is 13.8 Å². The summed E-state index contributed by atoms with van der Waals surface area (Å²) in [6.07, 6.45) is 0. The van der Waals surface area contributed by atoms with Crippen LogP contribution in [0.25, 0.3) is 11.0 Å². The second kappa shape index (κ2) is 5.09. The van der Waals surface area contributed by atoms with Gasteiger partial charge in [-0.15, -0.1) is 0 Å². The summed E-state index contributed by atoms with van der Waals surface area (Å²) in [7, 11) is 0. The quantitative estimate of drug-likeness (QED) is 0.884. The molecule has 1 aliphatic heterocycles. The molecule has 2 aromatic rings. The number of hydrogen-bond donors (Lipinski definition) is 2. The van der Waals surface area contributed by atoms with Crippen molar-refractivity contribution in [2.75, 3.05) is 26.3 Å². The minimum atomic E-state index is 0.353. The van der Waals surface area contributed by atoms with E-state index in [1.807, 2.05) is 12.1 Å². The Morgan fingerprint density at radius 3 is 2.79 bits per heavy atom. The fourth-order valence-electron chi connectivity index (χ4n) is 2.26. The van der Waals surface area contributed by atoms with Gasteiger partial charge in [0.1, 0.15) is 19.0 Å². The average molecular weight is 261 g/mol. The molecule has 0 aliphatic carbocycles. The van der Waals surface area contributed by atoms with Gasteiger partial charge in [-0.2, -0.15) is 0 Å². The number of imidazole rings is 1. The van der Waals surface area contributed by atoms with E-state index >= 15 is 0 Å². The molecule has 0 spiro atoms. The molecular formula is C14H19N3O2. The van der Waals surface area contributed by atoms with Crippen molar-refractivity contribution in [3.05, 3.63) is 18.0 Å². The third-order valence-corrected chi connectivity index (χ3v) is 3.33. The molecule has 3 rings (SSSR count). The highest BCUT2D eigenvalue weighted by atomic mass is 16.6. The van der Waals surface area contributed by atoms with Gasteiger partial charge >= 0.3 is 0 Å². The maximum absolute atomic E-state index is 5.58. The first-order valence-electron chi connectivity index (χ1n) is 6.78. The van der Waals surface area contributed by atoms with Gasteiger partial charge in [0.25, 0.3) is 0 Å². The second-order valence-electron chi connectivity index (χ2n) is 4.84. The molecule has 1 aromatic heterocycles. The first-order chi connectivity index (χ1) is 9.28. The Morgan fingerprint density at radius 2 is 2.05 bits per heavy atom. The van der Waals surface area contributed by atoms with Gasteiger partial charge in [0.05, 0.1) is 11.0 Å². The molecule has 2 heterocycles. The van der Waals surface area contributed by atoms with Crippen LogP contribution >= 0.6 is 0 Å². The van der Waals surface area contributed by atoms with Gasteiger partial charge in [0, 0.05) is 24.6 Å². The highest BCUT2D eigenvalue weighted by Crippen LogP contribution is 2.34. The van der Waals surface area contributed by atoms with Crippen molar-refractivity contribution >= 4 is 11.0 Å². The van der Waals surface area contributed by atoms with Gasteiger partial charge in [0.15, 0.2) is 11.5 Å². The SMILES string of the molecule is CCNCC(C)c1nc2cc3c(cc2[nH]1)OCCO3. The molecule has 1 aromatic carbocycles. The minimum absolute atomic E-state index is 0.353. The summed E-state index contributed by atoms with van der Waals surface area (Å²) in [5, 5.41) is 3.34. The number of benzene rings is 1. The maximum atomic E-state index is 5.58. The Bertz CT molecular complexity index is 536. The van der Waals surface area contributed by atoms with E-state index < -0.39 is 0 Å². The van der Waals surface area contributed by atoms with Gasteiger partial charge in [-0.25, -0.2) is 4.98 Å². The van der Waals surface area contributed by atoms with E-state index in [1.165, 1.54) is 0 Å². The van der Waals surface area contributed by atoms with Crippen LogP contribution in [0.5, 0.6) is 11.5 Å². The molecule has 5 heteroatoms. The van der Waals surface area contributed by atoms with Crippen LogP contribution in [0.1, 0.15) is 25.6 Å². The first kappa shape index (κ1) is 12.3. The van der Waals surface area contributed by atoms with Crippen LogP contribution in [0.4, 0.5) is 0 Å². The topological polar surface area (TPSA) is 59.2 Å². The van der Waals surface area contributed by atoms with Crippen LogP contribution in [-0.4, -0.2) is 36.3 Å². The van der Waals surface area contributed by atoms with E-state index in [0.29, 0.717) is 19.1 Å². The van der Waals surface area contributed by atoms with Crippen LogP contribution < -0.4 is 14.8 Å². The van der Waals surface area contributed by atoms with Gasteiger partial charge in [-0.3, -0.25) is 0 Å². The lowest BCUT2D eigenvalue weighted by atomic mass is 10.2. The number of aromatic nitrogens is 2. The molecule has 5 nitrogen and oxygen atoms in total. The highest BCUT2D eigenvalue weighted by Gasteiger charge is 2.16. The molecular weight excluding hydrogens is 242 g/mol. The fourth-order valence-corrected chi connectivity index (χ4v) is 2.26. The molecule has 19 heavy (non-hydrogen) atoms. The number of ether oxygens (including phenoxy) is 2. The summed E-state index contributed by atoms with van der Waals surface area (Å²) < 4.78 is 11.2. The predicted molar refractivity (Wildman–Crippen MR) is 74.0 cm³/mol. The monoisotopic (exact) mass is 261 g/mol.